The van der Waals surface area contributed by atoms with E-state index in [4.69, 9.17) is 9.15 Å². The number of amides is 2. The number of hydrogen-bond acceptors (Lipinski definition) is 7. The molecular weight excluding hydrogens is 330 g/mol. The van der Waals surface area contributed by atoms with Crippen molar-refractivity contribution < 1.29 is 28.6 Å². The molecule has 0 spiro atoms. The molecule has 0 fully saturated rings. The Labute approximate surface area is 142 Å². The number of nitrogens with one attached hydrogen (secondary N) is 2. The number of rotatable bonds is 7. The highest BCUT2D eigenvalue weighted by Crippen LogP contribution is 2.10. The second-order valence-electron chi connectivity index (χ2n) is 4.69. The monoisotopic (exact) mass is 344 g/mol. The molecule has 1 aromatic carbocycles. The molecule has 0 radical (unpaired) electrons. The maximum atomic E-state index is 11.5. The third kappa shape index (κ3) is 6.18. The fraction of sp³-hybridized carbons (Fsp3) is 0.125. The number of carboxylic acid groups (broad SMARTS) is 1. The van der Waals surface area contributed by atoms with Crippen LogP contribution in [0.15, 0.2) is 52.2 Å². The van der Waals surface area contributed by atoms with Crippen molar-refractivity contribution in [3.05, 3.63) is 54.0 Å². The van der Waals surface area contributed by atoms with Gasteiger partial charge in [0.25, 0.3) is 0 Å². The summed E-state index contributed by atoms with van der Waals surface area (Å²) in [5, 5.41) is 16.3. The Morgan fingerprint density at radius 1 is 1.16 bits per heavy atom. The van der Waals surface area contributed by atoms with Gasteiger partial charge in [0.05, 0.1) is 25.0 Å². The van der Waals surface area contributed by atoms with Crippen LogP contribution in [0.2, 0.25) is 0 Å². The zero-order valence-corrected chi connectivity index (χ0v) is 12.9. The number of hydrazone groups is 1. The van der Waals surface area contributed by atoms with Gasteiger partial charge in [-0.25, -0.2) is 5.43 Å². The Balaban J connectivity index is 1.76. The summed E-state index contributed by atoms with van der Waals surface area (Å²) in [6, 6.07) is 9.58. The van der Waals surface area contributed by atoms with Gasteiger partial charge in [-0.15, -0.1) is 0 Å². The van der Waals surface area contributed by atoms with Crippen LogP contribution in [0.4, 0.5) is 0 Å². The van der Waals surface area contributed by atoms with E-state index in [-0.39, 0.29) is 6.54 Å². The summed E-state index contributed by atoms with van der Waals surface area (Å²) in [7, 11) is 0. The first-order valence-corrected chi connectivity index (χ1v) is 7.11. The highest BCUT2D eigenvalue weighted by atomic mass is 16.5. The van der Waals surface area contributed by atoms with Crippen LogP contribution in [0.1, 0.15) is 11.3 Å². The van der Waals surface area contributed by atoms with Gasteiger partial charge in [-0.1, -0.05) is 0 Å². The fourth-order valence-electron chi connectivity index (χ4n) is 1.67. The van der Waals surface area contributed by atoms with Crippen LogP contribution in [-0.4, -0.2) is 30.6 Å². The zero-order chi connectivity index (χ0) is 18.1. The minimum absolute atomic E-state index is 0.0935. The second-order valence-corrected chi connectivity index (χ2v) is 4.69. The summed E-state index contributed by atoms with van der Waals surface area (Å²) in [6.07, 6.45) is 2.78. The summed E-state index contributed by atoms with van der Waals surface area (Å²) in [4.78, 5) is 33.4. The molecule has 0 saturated carbocycles. The molecule has 2 rings (SSSR count). The van der Waals surface area contributed by atoms with Crippen molar-refractivity contribution in [1.82, 2.24) is 10.7 Å². The van der Waals surface area contributed by atoms with E-state index in [0.29, 0.717) is 17.1 Å². The standard InChI is InChI=1S/C16H15N3O6/c20-14(21)10-25-12-5-3-11(4-6-12)8-18-19-16(23)15(22)17-9-13-2-1-7-24-13/h1-8H,9-10H2,(H,17,22)(H,19,23)(H,20,21)/p-1/b18-8-. The highest BCUT2D eigenvalue weighted by Gasteiger charge is 2.12. The first-order chi connectivity index (χ1) is 12.0. The molecule has 0 unspecified atom stereocenters. The Morgan fingerprint density at radius 3 is 2.56 bits per heavy atom. The lowest BCUT2D eigenvalue weighted by Gasteiger charge is -2.06. The summed E-state index contributed by atoms with van der Waals surface area (Å²) in [5.74, 6) is -2.22. The molecule has 0 aliphatic heterocycles. The van der Waals surface area contributed by atoms with Gasteiger partial charge in [-0.3, -0.25) is 9.59 Å². The van der Waals surface area contributed by atoms with E-state index in [9.17, 15) is 19.5 Å². The Hall–Kier alpha value is -3.62. The van der Waals surface area contributed by atoms with E-state index in [1.165, 1.54) is 24.6 Å². The molecule has 25 heavy (non-hydrogen) atoms. The van der Waals surface area contributed by atoms with Crippen molar-refractivity contribution in [1.29, 1.82) is 0 Å². The minimum Gasteiger partial charge on any atom is -0.546 e. The number of benzene rings is 1. The number of carbonyl (C=O) groups is 3. The molecule has 130 valence electrons. The first-order valence-electron chi connectivity index (χ1n) is 7.11. The smallest absolute Gasteiger partial charge is 0.329 e. The highest BCUT2D eigenvalue weighted by molar-refractivity contribution is 6.35. The van der Waals surface area contributed by atoms with Gasteiger partial charge in [0.2, 0.25) is 0 Å². The van der Waals surface area contributed by atoms with Crippen molar-refractivity contribution in [2.75, 3.05) is 6.61 Å². The molecule has 0 bridgehead atoms. The number of hydrogen-bond donors (Lipinski definition) is 2. The Bertz CT molecular complexity index is 753. The van der Waals surface area contributed by atoms with E-state index < -0.39 is 24.4 Å². The van der Waals surface area contributed by atoms with E-state index in [1.54, 1.807) is 24.3 Å². The molecule has 0 saturated heterocycles. The summed E-state index contributed by atoms with van der Waals surface area (Å²) in [6.45, 7) is -0.451. The normalized spacial score (nSPS) is 10.4. The lowest BCUT2D eigenvalue weighted by atomic mass is 10.2. The van der Waals surface area contributed by atoms with E-state index >= 15 is 0 Å². The maximum Gasteiger partial charge on any atom is 0.329 e. The minimum atomic E-state index is -1.32. The van der Waals surface area contributed by atoms with Crippen LogP contribution < -0.4 is 20.6 Å². The number of carbonyl (C=O) groups excluding carboxylic acids is 3. The first kappa shape index (κ1) is 17.7. The molecule has 0 aliphatic carbocycles. The van der Waals surface area contributed by atoms with Gasteiger partial charge in [-0.2, -0.15) is 5.10 Å². The molecule has 2 aromatic rings. The molecular formula is C16H14N3O6-. The molecule has 9 nitrogen and oxygen atoms in total. The van der Waals surface area contributed by atoms with Crippen molar-refractivity contribution >= 4 is 24.0 Å². The van der Waals surface area contributed by atoms with Crippen LogP contribution in [0.25, 0.3) is 0 Å². The average molecular weight is 344 g/mol. The number of ether oxygens (including phenoxy) is 1. The number of aliphatic carboxylic acids is 1. The van der Waals surface area contributed by atoms with Gasteiger partial charge in [0.1, 0.15) is 18.1 Å². The van der Waals surface area contributed by atoms with Crippen LogP contribution >= 0.6 is 0 Å². The van der Waals surface area contributed by atoms with Crippen molar-refractivity contribution in [2.45, 2.75) is 6.54 Å². The van der Waals surface area contributed by atoms with E-state index in [1.807, 2.05) is 0 Å². The molecule has 1 aromatic heterocycles. The lowest BCUT2D eigenvalue weighted by molar-refractivity contribution is -0.307. The van der Waals surface area contributed by atoms with Crippen molar-refractivity contribution in [3.63, 3.8) is 0 Å². The number of nitrogens with zero attached hydrogens (tertiary/aromatic N) is 1. The third-order valence-corrected chi connectivity index (χ3v) is 2.83. The van der Waals surface area contributed by atoms with Gasteiger partial charge < -0.3 is 24.4 Å². The van der Waals surface area contributed by atoms with Gasteiger partial charge in [-0.05, 0) is 42.0 Å². The van der Waals surface area contributed by atoms with E-state index in [0.717, 1.165) is 0 Å². The molecule has 9 heteroatoms. The van der Waals surface area contributed by atoms with Crippen LogP contribution in [0.3, 0.4) is 0 Å². The van der Waals surface area contributed by atoms with Crippen LogP contribution in [0, 0.1) is 0 Å². The number of furan rings is 1. The second kappa shape index (κ2) is 8.87. The van der Waals surface area contributed by atoms with Gasteiger partial charge in [0, 0.05) is 0 Å². The van der Waals surface area contributed by atoms with E-state index in [2.05, 4.69) is 15.8 Å². The van der Waals surface area contributed by atoms with Crippen molar-refractivity contribution in [2.24, 2.45) is 5.10 Å². The summed E-state index contributed by atoms with van der Waals surface area (Å²) >= 11 is 0. The molecule has 1 heterocycles. The lowest BCUT2D eigenvalue weighted by Crippen LogP contribution is -2.37. The van der Waals surface area contributed by atoms with Crippen LogP contribution in [-0.2, 0) is 20.9 Å². The average Bonchev–Trinajstić information content (AvgIpc) is 3.12. The zero-order valence-electron chi connectivity index (χ0n) is 12.9. The largest absolute Gasteiger partial charge is 0.546 e. The maximum absolute atomic E-state index is 11.5. The summed E-state index contributed by atoms with van der Waals surface area (Å²) in [5.41, 5.74) is 2.69. The third-order valence-electron chi connectivity index (χ3n) is 2.83. The molecule has 0 atom stereocenters. The summed E-state index contributed by atoms with van der Waals surface area (Å²) < 4.78 is 9.94. The Morgan fingerprint density at radius 2 is 1.92 bits per heavy atom. The Kier molecular flexibility index (Phi) is 6.29. The van der Waals surface area contributed by atoms with Gasteiger partial charge in [0.15, 0.2) is 0 Å². The quantitative estimate of drug-likeness (QED) is 0.383. The predicted octanol–water partition coefficient (Wildman–Crippen LogP) is -0.825. The molecule has 2 amide bonds. The molecule has 0 aliphatic rings. The topological polar surface area (TPSA) is 133 Å². The van der Waals surface area contributed by atoms with Crippen LogP contribution in [0.5, 0.6) is 5.75 Å². The fourth-order valence-corrected chi connectivity index (χ4v) is 1.67. The van der Waals surface area contributed by atoms with Gasteiger partial charge >= 0.3 is 11.8 Å². The number of carboxylic acids is 1. The predicted molar refractivity (Wildman–Crippen MR) is 83.2 cm³/mol. The SMILES string of the molecule is O=C([O-])COc1ccc(/C=N\NC(=O)C(=O)NCc2ccco2)cc1. The van der Waals surface area contributed by atoms with Crippen molar-refractivity contribution in [3.8, 4) is 5.75 Å². The molecule has 2 N–H and O–H groups in total.